The summed E-state index contributed by atoms with van der Waals surface area (Å²) in [6, 6.07) is 5.04. The minimum atomic E-state index is -4.65. The van der Waals surface area contributed by atoms with Gasteiger partial charge >= 0.3 is 12.3 Å². The molecule has 5 rings (SSSR count). The Hall–Kier alpha value is -4.09. The minimum Gasteiger partial charge on any atom is -0.465 e. The molecule has 9 nitrogen and oxygen atoms in total. The molecule has 1 aliphatic rings. The number of benzene rings is 1. The quantitative estimate of drug-likeness (QED) is 0.407. The number of alkyl halides is 3. The van der Waals surface area contributed by atoms with Crippen LogP contribution in [-0.4, -0.2) is 59.7 Å². The molecule has 1 amide bonds. The maximum atomic E-state index is 13.8. The number of amides is 1. The zero-order chi connectivity index (χ0) is 23.9. The number of rotatable bonds is 4. The largest absolute Gasteiger partial charge is 0.465 e. The van der Waals surface area contributed by atoms with Gasteiger partial charge in [-0.3, -0.25) is 0 Å². The normalized spacial score (nSPS) is 16.7. The van der Waals surface area contributed by atoms with Gasteiger partial charge < -0.3 is 24.9 Å². The number of anilines is 1. The number of fused-ring (bicyclic) bond motifs is 1. The Morgan fingerprint density at radius 3 is 2.88 bits per heavy atom. The number of imidazole rings is 1. The van der Waals surface area contributed by atoms with Gasteiger partial charge in [0.1, 0.15) is 5.56 Å². The average Bonchev–Trinajstić information content (AvgIpc) is 3.48. The monoisotopic (exact) mass is 471 g/mol. The van der Waals surface area contributed by atoms with E-state index in [-0.39, 0.29) is 24.2 Å². The molecule has 34 heavy (non-hydrogen) atoms. The first kappa shape index (κ1) is 21.7. The molecule has 4 aromatic rings. The van der Waals surface area contributed by atoms with Crippen LogP contribution in [0.1, 0.15) is 18.4 Å². The van der Waals surface area contributed by atoms with E-state index < -0.39 is 17.8 Å². The third-order valence-corrected chi connectivity index (χ3v) is 5.84. The molecule has 1 aliphatic heterocycles. The Bertz CT molecular complexity index is 1330. The van der Waals surface area contributed by atoms with Gasteiger partial charge in [0.05, 0.1) is 12.0 Å². The number of nitrogens with zero attached hydrogens (tertiary/aromatic N) is 5. The van der Waals surface area contributed by atoms with Crippen LogP contribution in [0.2, 0.25) is 0 Å². The van der Waals surface area contributed by atoms with Crippen molar-refractivity contribution < 1.29 is 23.1 Å². The van der Waals surface area contributed by atoms with Crippen molar-refractivity contribution in [1.29, 1.82) is 0 Å². The summed E-state index contributed by atoms with van der Waals surface area (Å²) in [6.45, 7) is 0.627. The molecule has 0 bridgehead atoms. The highest BCUT2D eigenvalue weighted by Crippen LogP contribution is 2.39. The van der Waals surface area contributed by atoms with E-state index in [1.54, 1.807) is 35.4 Å². The van der Waals surface area contributed by atoms with E-state index in [4.69, 9.17) is 0 Å². The summed E-state index contributed by atoms with van der Waals surface area (Å²) >= 11 is 0. The van der Waals surface area contributed by atoms with E-state index in [9.17, 15) is 23.1 Å². The number of halogens is 3. The topological polar surface area (TPSA) is 112 Å². The summed E-state index contributed by atoms with van der Waals surface area (Å²) < 4.78 is 43.3. The maximum absolute atomic E-state index is 13.8. The number of likely N-dealkylation sites (tertiary alicyclic amines) is 1. The second kappa shape index (κ2) is 8.36. The molecule has 0 spiro atoms. The second-order valence-corrected chi connectivity index (χ2v) is 8.07. The van der Waals surface area contributed by atoms with Crippen molar-refractivity contribution in [1.82, 2.24) is 29.4 Å². The zero-order valence-corrected chi connectivity index (χ0v) is 17.8. The molecule has 12 heteroatoms. The van der Waals surface area contributed by atoms with Crippen LogP contribution in [0.15, 0.2) is 49.3 Å². The number of piperidine rings is 1. The third-order valence-electron chi connectivity index (χ3n) is 5.84. The molecule has 1 fully saturated rings. The van der Waals surface area contributed by atoms with Crippen molar-refractivity contribution in [3.8, 4) is 16.9 Å². The third kappa shape index (κ3) is 4.14. The van der Waals surface area contributed by atoms with Crippen molar-refractivity contribution in [2.75, 3.05) is 18.4 Å². The van der Waals surface area contributed by atoms with Crippen molar-refractivity contribution in [3.63, 3.8) is 0 Å². The first-order valence-electron chi connectivity index (χ1n) is 10.6. The zero-order valence-electron chi connectivity index (χ0n) is 17.8. The smallest absolute Gasteiger partial charge is 0.419 e. The lowest BCUT2D eigenvalue weighted by Crippen LogP contribution is -2.44. The molecule has 0 radical (unpaired) electrons. The highest BCUT2D eigenvalue weighted by atomic mass is 19.4. The van der Waals surface area contributed by atoms with E-state index in [2.05, 4.69) is 25.3 Å². The summed E-state index contributed by atoms with van der Waals surface area (Å²) in [6.07, 6.45) is 2.91. The van der Waals surface area contributed by atoms with Crippen molar-refractivity contribution in [2.45, 2.75) is 25.1 Å². The van der Waals surface area contributed by atoms with E-state index >= 15 is 0 Å². The van der Waals surface area contributed by atoms with Crippen molar-refractivity contribution in [3.05, 3.63) is 54.9 Å². The van der Waals surface area contributed by atoms with E-state index in [0.29, 0.717) is 35.9 Å². The van der Waals surface area contributed by atoms with Gasteiger partial charge in [-0.05, 0) is 25.0 Å². The Labute approximate surface area is 191 Å². The van der Waals surface area contributed by atoms with Crippen LogP contribution in [0.3, 0.4) is 0 Å². The fraction of sp³-hybridized carbons (Fsp3) is 0.273. The van der Waals surface area contributed by atoms with Gasteiger partial charge in [-0.1, -0.05) is 6.07 Å². The van der Waals surface area contributed by atoms with Gasteiger partial charge in [-0.2, -0.15) is 13.2 Å². The Morgan fingerprint density at radius 1 is 1.29 bits per heavy atom. The van der Waals surface area contributed by atoms with Crippen LogP contribution < -0.4 is 5.32 Å². The summed E-state index contributed by atoms with van der Waals surface area (Å²) in [5, 5.41) is 12.8. The Kier molecular flexibility index (Phi) is 5.34. The fourth-order valence-electron chi connectivity index (χ4n) is 4.20. The number of aromatic nitrogens is 5. The second-order valence-electron chi connectivity index (χ2n) is 8.07. The number of aromatic amines is 1. The van der Waals surface area contributed by atoms with Crippen LogP contribution in [0.4, 0.5) is 23.9 Å². The molecule has 1 saturated heterocycles. The number of hydrogen-bond donors (Lipinski definition) is 3. The molecule has 1 aromatic carbocycles. The number of carbonyl (C=O) groups is 1. The number of hydrogen-bond acceptors (Lipinski definition) is 5. The van der Waals surface area contributed by atoms with E-state index in [0.717, 1.165) is 11.9 Å². The molecular weight excluding hydrogens is 451 g/mol. The van der Waals surface area contributed by atoms with Gasteiger partial charge in [-0.25, -0.2) is 19.7 Å². The summed E-state index contributed by atoms with van der Waals surface area (Å²) in [5.41, 5.74) is 0.540. The lowest BCUT2D eigenvalue weighted by Gasteiger charge is -2.31. The Morgan fingerprint density at radius 2 is 2.15 bits per heavy atom. The van der Waals surface area contributed by atoms with Crippen LogP contribution in [-0.2, 0) is 6.18 Å². The molecule has 0 unspecified atom stereocenters. The fourth-order valence-corrected chi connectivity index (χ4v) is 4.20. The standard InChI is InChI=1S/C22H20F3N7O2/c23-22(24,25)17-10-28-20(29-13-2-1-6-31(11-13)21(33)34)30-19(17)16-9-27-18-8-14(3-4-15(16)18)32-7-5-26-12-32/h3-5,7-10,12-13,27H,1-2,6,11H2,(H,33,34)(H,28,29,30)/t13-/m0/s1. The molecule has 3 aromatic heterocycles. The van der Waals surface area contributed by atoms with Gasteiger partial charge in [-0.15, -0.1) is 0 Å². The van der Waals surface area contributed by atoms with Crippen molar-refractivity contribution in [2.24, 2.45) is 0 Å². The SMILES string of the molecule is O=C(O)N1CCC[C@H](Nc2ncc(C(F)(F)F)c(-c3c[nH]c4cc(-n5ccnc5)ccc34)n2)C1. The molecule has 1 atom stereocenters. The summed E-state index contributed by atoms with van der Waals surface area (Å²) in [7, 11) is 0. The first-order valence-corrected chi connectivity index (χ1v) is 10.6. The van der Waals surface area contributed by atoms with E-state index in [1.165, 1.54) is 11.1 Å². The first-order chi connectivity index (χ1) is 16.3. The van der Waals surface area contributed by atoms with E-state index in [1.807, 2.05) is 6.07 Å². The predicted molar refractivity (Wildman–Crippen MR) is 118 cm³/mol. The van der Waals surface area contributed by atoms with Crippen LogP contribution in [0, 0.1) is 0 Å². The van der Waals surface area contributed by atoms with Gasteiger partial charge in [0.2, 0.25) is 5.95 Å². The minimum absolute atomic E-state index is 0.0182. The number of H-pyrrole nitrogens is 1. The molecule has 4 heterocycles. The summed E-state index contributed by atoms with van der Waals surface area (Å²) in [4.78, 5) is 27.7. The van der Waals surface area contributed by atoms with Gasteiger partial charge in [0, 0.05) is 66.1 Å². The van der Waals surface area contributed by atoms with Crippen LogP contribution in [0.5, 0.6) is 0 Å². The average molecular weight is 471 g/mol. The van der Waals surface area contributed by atoms with Crippen molar-refractivity contribution >= 4 is 22.9 Å². The van der Waals surface area contributed by atoms with Gasteiger partial charge in [0.25, 0.3) is 0 Å². The van der Waals surface area contributed by atoms with Crippen LogP contribution in [0.25, 0.3) is 27.8 Å². The highest BCUT2D eigenvalue weighted by molar-refractivity contribution is 5.96. The number of carboxylic acid groups (broad SMARTS) is 1. The predicted octanol–water partition coefficient (Wildman–Crippen LogP) is 4.38. The van der Waals surface area contributed by atoms with Gasteiger partial charge in [0.15, 0.2) is 0 Å². The molecule has 0 aliphatic carbocycles. The highest BCUT2D eigenvalue weighted by Gasteiger charge is 2.36. The Balaban J connectivity index is 1.52. The maximum Gasteiger partial charge on any atom is 0.419 e. The molecular formula is C22H20F3N7O2. The lowest BCUT2D eigenvalue weighted by molar-refractivity contribution is -0.137. The van der Waals surface area contributed by atoms with Crippen LogP contribution >= 0.6 is 0 Å². The summed E-state index contributed by atoms with van der Waals surface area (Å²) in [5.74, 6) is 0.0182. The molecule has 0 saturated carbocycles. The molecule has 176 valence electrons. The lowest BCUT2D eigenvalue weighted by atomic mass is 10.0. The molecule has 3 N–H and O–H groups in total. The number of nitrogens with one attached hydrogen (secondary N) is 2.